The van der Waals surface area contributed by atoms with E-state index < -0.39 is 10.5 Å². The SMILES string of the molecule is CN(C)c1ccc(-c2cc(=O)oc3ccc([N+](=O)[O-])cc23)cc1. The molecule has 3 rings (SSSR count). The third-order valence-electron chi connectivity index (χ3n) is 3.63. The standard InChI is InChI=1S/C17H14N2O4/c1-18(2)12-5-3-11(4-6-12)14-10-17(20)23-16-8-7-13(19(21)22)9-15(14)16/h3-10H,1-2H3. The summed E-state index contributed by atoms with van der Waals surface area (Å²) >= 11 is 0. The molecule has 0 aliphatic heterocycles. The molecule has 116 valence electrons. The van der Waals surface area contributed by atoms with Gasteiger partial charge in [-0.25, -0.2) is 4.79 Å². The number of non-ortho nitro benzene ring substituents is 1. The average Bonchev–Trinajstić information content (AvgIpc) is 2.53. The van der Waals surface area contributed by atoms with Crippen molar-refractivity contribution in [3.63, 3.8) is 0 Å². The van der Waals surface area contributed by atoms with Crippen LogP contribution in [0.1, 0.15) is 0 Å². The van der Waals surface area contributed by atoms with E-state index in [2.05, 4.69) is 0 Å². The highest BCUT2D eigenvalue weighted by Crippen LogP contribution is 2.30. The van der Waals surface area contributed by atoms with Crippen molar-refractivity contribution >= 4 is 22.3 Å². The molecule has 6 nitrogen and oxygen atoms in total. The maximum atomic E-state index is 11.8. The number of hydrogen-bond donors (Lipinski definition) is 0. The quantitative estimate of drug-likeness (QED) is 0.421. The van der Waals surface area contributed by atoms with E-state index in [1.54, 1.807) is 0 Å². The molecule has 0 aliphatic rings. The van der Waals surface area contributed by atoms with Crippen molar-refractivity contribution in [2.45, 2.75) is 0 Å². The average molecular weight is 310 g/mol. The highest BCUT2D eigenvalue weighted by molar-refractivity contribution is 5.94. The van der Waals surface area contributed by atoms with Gasteiger partial charge in [-0.15, -0.1) is 0 Å². The van der Waals surface area contributed by atoms with Crippen molar-refractivity contribution in [2.24, 2.45) is 0 Å². The van der Waals surface area contributed by atoms with Gasteiger partial charge in [-0.05, 0) is 23.8 Å². The number of nitro groups is 1. The summed E-state index contributed by atoms with van der Waals surface area (Å²) in [4.78, 5) is 24.2. The molecule has 0 radical (unpaired) electrons. The van der Waals surface area contributed by atoms with Crippen LogP contribution < -0.4 is 10.5 Å². The smallest absolute Gasteiger partial charge is 0.336 e. The largest absolute Gasteiger partial charge is 0.423 e. The molecule has 0 unspecified atom stereocenters. The Morgan fingerprint density at radius 1 is 1.04 bits per heavy atom. The first-order valence-corrected chi connectivity index (χ1v) is 6.96. The zero-order valence-electron chi connectivity index (χ0n) is 12.6. The summed E-state index contributed by atoms with van der Waals surface area (Å²) in [6.45, 7) is 0. The van der Waals surface area contributed by atoms with Gasteiger partial charge in [0.1, 0.15) is 5.58 Å². The maximum absolute atomic E-state index is 11.8. The van der Waals surface area contributed by atoms with Crippen molar-refractivity contribution < 1.29 is 9.34 Å². The minimum Gasteiger partial charge on any atom is -0.423 e. The lowest BCUT2D eigenvalue weighted by Gasteiger charge is -2.13. The molecule has 3 aromatic rings. The van der Waals surface area contributed by atoms with Gasteiger partial charge in [0.25, 0.3) is 5.69 Å². The van der Waals surface area contributed by atoms with Crippen LogP contribution in [0.5, 0.6) is 0 Å². The molecule has 0 bridgehead atoms. The van der Waals surface area contributed by atoms with Crippen LogP contribution in [0, 0.1) is 10.1 Å². The van der Waals surface area contributed by atoms with Crippen molar-refractivity contribution in [2.75, 3.05) is 19.0 Å². The van der Waals surface area contributed by atoms with E-state index in [1.165, 1.54) is 24.3 Å². The van der Waals surface area contributed by atoms with Gasteiger partial charge in [0.15, 0.2) is 0 Å². The molecule has 1 heterocycles. The van der Waals surface area contributed by atoms with Crippen LogP contribution in [0.2, 0.25) is 0 Å². The first-order valence-electron chi connectivity index (χ1n) is 6.96. The number of anilines is 1. The lowest BCUT2D eigenvalue weighted by atomic mass is 10.0. The monoisotopic (exact) mass is 310 g/mol. The molecule has 0 saturated carbocycles. The van der Waals surface area contributed by atoms with Crippen LogP contribution in [0.15, 0.2) is 57.7 Å². The van der Waals surface area contributed by atoms with E-state index in [9.17, 15) is 14.9 Å². The molecule has 0 spiro atoms. The van der Waals surface area contributed by atoms with Crippen molar-refractivity contribution in [3.8, 4) is 11.1 Å². The third kappa shape index (κ3) is 2.78. The predicted molar refractivity (Wildman–Crippen MR) is 88.9 cm³/mol. The van der Waals surface area contributed by atoms with Gasteiger partial charge in [0, 0.05) is 48.9 Å². The summed E-state index contributed by atoms with van der Waals surface area (Å²) in [7, 11) is 3.87. The molecule has 0 saturated heterocycles. The second-order valence-corrected chi connectivity index (χ2v) is 5.36. The lowest BCUT2D eigenvalue weighted by molar-refractivity contribution is -0.384. The molecule has 23 heavy (non-hydrogen) atoms. The molecule has 6 heteroatoms. The Hall–Kier alpha value is -3.15. The number of benzene rings is 2. The van der Waals surface area contributed by atoms with E-state index in [0.717, 1.165) is 11.3 Å². The molecule has 0 N–H and O–H groups in total. The topological polar surface area (TPSA) is 76.6 Å². The third-order valence-corrected chi connectivity index (χ3v) is 3.63. The second kappa shape index (κ2) is 5.57. The van der Waals surface area contributed by atoms with Crippen LogP contribution in [0.25, 0.3) is 22.1 Å². The fraction of sp³-hybridized carbons (Fsp3) is 0.118. The molecular formula is C17H14N2O4. The van der Waals surface area contributed by atoms with Crippen molar-refractivity contribution in [1.82, 2.24) is 0 Å². The van der Waals surface area contributed by atoms with E-state index in [0.29, 0.717) is 16.5 Å². The number of fused-ring (bicyclic) bond motifs is 1. The zero-order chi connectivity index (χ0) is 16.6. The Morgan fingerprint density at radius 3 is 2.35 bits per heavy atom. The van der Waals surface area contributed by atoms with Gasteiger partial charge in [-0.3, -0.25) is 10.1 Å². The normalized spacial score (nSPS) is 10.7. The summed E-state index contributed by atoms with van der Waals surface area (Å²) in [5.74, 6) is 0. The number of nitrogens with zero attached hydrogens (tertiary/aromatic N) is 2. The van der Waals surface area contributed by atoms with Crippen molar-refractivity contribution in [3.05, 3.63) is 69.1 Å². The first kappa shape index (κ1) is 14.8. The summed E-state index contributed by atoms with van der Waals surface area (Å²) in [5, 5.41) is 11.5. The minimum atomic E-state index is -0.488. The summed E-state index contributed by atoms with van der Waals surface area (Å²) < 4.78 is 5.13. The van der Waals surface area contributed by atoms with Gasteiger partial charge in [0.2, 0.25) is 0 Å². The zero-order valence-corrected chi connectivity index (χ0v) is 12.6. The van der Waals surface area contributed by atoms with Crippen molar-refractivity contribution in [1.29, 1.82) is 0 Å². The minimum absolute atomic E-state index is 0.0440. The van der Waals surface area contributed by atoms with Gasteiger partial charge in [-0.1, -0.05) is 12.1 Å². The Bertz CT molecular complexity index is 943. The van der Waals surface area contributed by atoms with Crippen LogP contribution in [-0.2, 0) is 0 Å². The van der Waals surface area contributed by atoms with E-state index in [-0.39, 0.29) is 5.69 Å². The number of rotatable bonds is 3. The summed E-state index contributed by atoms with van der Waals surface area (Å²) in [6.07, 6.45) is 0. The van der Waals surface area contributed by atoms with Crippen LogP contribution in [0.4, 0.5) is 11.4 Å². The van der Waals surface area contributed by atoms with Crippen LogP contribution in [0.3, 0.4) is 0 Å². The molecule has 0 aliphatic carbocycles. The van der Waals surface area contributed by atoms with E-state index in [4.69, 9.17) is 4.42 Å². The van der Waals surface area contributed by atoms with Gasteiger partial charge < -0.3 is 9.32 Å². The summed E-state index contributed by atoms with van der Waals surface area (Å²) in [5.41, 5.74) is 2.23. The molecular weight excluding hydrogens is 296 g/mol. The van der Waals surface area contributed by atoms with Crippen LogP contribution >= 0.6 is 0 Å². The maximum Gasteiger partial charge on any atom is 0.336 e. The molecule has 0 atom stereocenters. The van der Waals surface area contributed by atoms with Crippen LogP contribution in [-0.4, -0.2) is 19.0 Å². The molecule has 0 fully saturated rings. The Labute approximate surface area is 131 Å². The van der Waals surface area contributed by atoms with Gasteiger partial charge >= 0.3 is 5.63 Å². The second-order valence-electron chi connectivity index (χ2n) is 5.36. The summed E-state index contributed by atoms with van der Waals surface area (Å²) in [6, 6.07) is 13.2. The molecule has 2 aromatic carbocycles. The first-order chi connectivity index (χ1) is 11.0. The lowest BCUT2D eigenvalue weighted by Crippen LogP contribution is -2.08. The number of hydrogen-bond acceptors (Lipinski definition) is 5. The fourth-order valence-corrected chi connectivity index (χ4v) is 2.44. The van der Waals surface area contributed by atoms with Gasteiger partial charge in [0.05, 0.1) is 4.92 Å². The fourth-order valence-electron chi connectivity index (χ4n) is 2.44. The number of nitro benzene ring substituents is 1. The molecule has 0 amide bonds. The molecule has 1 aromatic heterocycles. The highest BCUT2D eigenvalue weighted by atomic mass is 16.6. The predicted octanol–water partition coefficient (Wildman–Crippen LogP) is 3.43. The Morgan fingerprint density at radius 2 is 1.74 bits per heavy atom. The van der Waals surface area contributed by atoms with Gasteiger partial charge in [-0.2, -0.15) is 0 Å². The Balaban J connectivity index is 2.24. The Kier molecular flexibility index (Phi) is 3.57. The van der Waals surface area contributed by atoms with E-state index >= 15 is 0 Å². The van der Waals surface area contributed by atoms with E-state index in [1.807, 2.05) is 43.3 Å². The highest BCUT2D eigenvalue weighted by Gasteiger charge is 2.13.